The lowest BCUT2D eigenvalue weighted by molar-refractivity contribution is 0.660. The van der Waals surface area contributed by atoms with Crippen molar-refractivity contribution in [2.75, 3.05) is 4.90 Å². The number of aromatic nitrogens is 3. The SMILES string of the molecule is CC1(C)c2cc(-c3ccc4c(c3)c3ccccc3n4-c3ccccc3)ccc2-c2ccc(N(c3ccc4c(c3)C(C)(C)c3cc(-c5ccc6c(c5)c5ccccc5n6-c5ccccc5)ccc3-4)c3ccc(-n4c5ccccc5c5ccccc54)c4ccccc34)cc21. The Morgan fingerprint density at radius 3 is 1.01 bits per heavy atom. The van der Waals surface area contributed by atoms with Crippen LogP contribution in [-0.2, 0) is 10.8 Å². The quantitative estimate of drug-likeness (QED) is 0.148. The number of hydrogen-bond donors (Lipinski definition) is 0. The van der Waals surface area contributed by atoms with Crippen LogP contribution in [0.1, 0.15) is 49.9 Å². The fourth-order valence-corrected chi connectivity index (χ4v) is 16.4. The molecule has 0 saturated carbocycles. The summed E-state index contributed by atoms with van der Waals surface area (Å²) < 4.78 is 7.26. The molecule has 2 aliphatic rings. The lowest BCUT2D eigenvalue weighted by atomic mass is 9.81. The fourth-order valence-electron chi connectivity index (χ4n) is 16.4. The van der Waals surface area contributed by atoms with Crippen molar-refractivity contribution in [1.82, 2.24) is 13.7 Å². The molecule has 0 unspecified atom stereocenters. The van der Waals surface area contributed by atoms with Crippen LogP contribution in [0.2, 0.25) is 0 Å². The van der Waals surface area contributed by atoms with Gasteiger partial charge in [0, 0.05) is 76.7 Å². The molecular weight excluding hydrogens is 1110 g/mol. The Bertz CT molecular complexity index is 5630. The molecule has 4 heteroatoms. The monoisotopic (exact) mass is 1170 g/mol. The van der Waals surface area contributed by atoms with Crippen molar-refractivity contribution < 1.29 is 0 Å². The smallest absolute Gasteiger partial charge is 0.0542 e. The van der Waals surface area contributed by atoms with Gasteiger partial charge >= 0.3 is 0 Å². The van der Waals surface area contributed by atoms with E-state index in [-0.39, 0.29) is 10.8 Å². The maximum Gasteiger partial charge on any atom is 0.0542 e. The van der Waals surface area contributed by atoms with Crippen molar-refractivity contribution in [3.05, 3.63) is 326 Å². The number of fused-ring (bicyclic) bond motifs is 16. The first-order chi connectivity index (χ1) is 45.2. The number of benzene rings is 14. The van der Waals surface area contributed by atoms with Gasteiger partial charge < -0.3 is 18.6 Å². The second kappa shape index (κ2) is 19.5. The van der Waals surface area contributed by atoms with Crippen LogP contribution in [0.3, 0.4) is 0 Å². The van der Waals surface area contributed by atoms with Crippen LogP contribution in [0.25, 0.3) is 138 Å². The minimum Gasteiger partial charge on any atom is -0.310 e. The highest BCUT2D eigenvalue weighted by Gasteiger charge is 2.39. The van der Waals surface area contributed by atoms with Crippen LogP contribution in [0.4, 0.5) is 17.1 Å². The zero-order chi connectivity index (χ0) is 61.1. The van der Waals surface area contributed by atoms with Gasteiger partial charge in [0.2, 0.25) is 0 Å². The predicted octanol–water partition coefficient (Wildman–Crippen LogP) is 23.5. The van der Waals surface area contributed by atoms with E-state index >= 15 is 0 Å². The van der Waals surface area contributed by atoms with Crippen LogP contribution in [0.5, 0.6) is 0 Å². The second-order valence-corrected chi connectivity index (χ2v) is 26.4. The Labute approximate surface area is 534 Å². The Morgan fingerprint density at radius 2 is 0.565 bits per heavy atom. The van der Waals surface area contributed by atoms with Gasteiger partial charge in [-0.05, 0) is 188 Å². The van der Waals surface area contributed by atoms with Crippen LogP contribution in [0, 0.1) is 0 Å². The van der Waals surface area contributed by atoms with Gasteiger partial charge in [0.15, 0.2) is 0 Å². The third-order valence-electron chi connectivity index (χ3n) is 20.8. The summed E-state index contributed by atoms with van der Waals surface area (Å²) in [5.74, 6) is 0. The predicted molar refractivity (Wildman–Crippen MR) is 388 cm³/mol. The first-order valence-corrected chi connectivity index (χ1v) is 32.2. The number of nitrogens with zero attached hydrogens (tertiary/aromatic N) is 4. The van der Waals surface area contributed by atoms with E-state index in [1.165, 1.54) is 154 Å². The molecule has 19 rings (SSSR count). The van der Waals surface area contributed by atoms with Gasteiger partial charge in [0.1, 0.15) is 0 Å². The molecule has 0 atom stereocenters. The van der Waals surface area contributed by atoms with E-state index in [0.717, 1.165) is 22.7 Å². The minimum atomic E-state index is -0.305. The zero-order valence-electron chi connectivity index (χ0n) is 51.7. The van der Waals surface area contributed by atoms with Crippen molar-refractivity contribution >= 4 is 93.3 Å². The Kier molecular flexibility index (Phi) is 11.1. The normalized spacial score (nSPS) is 13.6. The van der Waals surface area contributed by atoms with Crippen LogP contribution in [0.15, 0.2) is 303 Å². The van der Waals surface area contributed by atoms with Gasteiger partial charge in [0.05, 0.1) is 44.5 Å². The number of rotatable bonds is 8. The third-order valence-corrected chi connectivity index (χ3v) is 20.8. The van der Waals surface area contributed by atoms with E-state index in [2.05, 4.69) is 350 Å². The van der Waals surface area contributed by atoms with Gasteiger partial charge in [-0.3, -0.25) is 0 Å². The summed E-state index contributed by atoms with van der Waals surface area (Å²) in [6.45, 7) is 9.69. The molecule has 434 valence electrons. The molecule has 4 nitrogen and oxygen atoms in total. The topological polar surface area (TPSA) is 18.0 Å². The summed E-state index contributed by atoms with van der Waals surface area (Å²) in [5.41, 5.74) is 28.9. The van der Waals surface area contributed by atoms with E-state index < -0.39 is 0 Å². The van der Waals surface area contributed by atoms with Crippen LogP contribution < -0.4 is 4.90 Å². The molecule has 3 aromatic heterocycles. The standard InChI is InChI=1S/C88H62N4/c1-87(2)75-51-57(55-37-45-85-73(49-55)71-29-15-17-31-79(71)90(85)59-21-7-5-8-22-59)35-41-63(75)65-43-39-61(53-77(65)87)89(83-47-48-84(70-26-12-11-25-69(70)83)92-81-33-19-13-27-67(81)68-28-14-20-34-82(68)92)62-40-44-66-64-42-36-58(52-76(64)88(3,4)78(66)54-62)56-38-46-86-74(50-56)72-30-16-18-32-80(72)91(86)60-23-9-6-10-24-60/h5-54H,1-4H3. The lowest BCUT2D eigenvalue weighted by Gasteiger charge is -2.31. The van der Waals surface area contributed by atoms with Gasteiger partial charge in [-0.2, -0.15) is 0 Å². The van der Waals surface area contributed by atoms with Gasteiger partial charge in [-0.25, -0.2) is 0 Å². The molecule has 3 heterocycles. The van der Waals surface area contributed by atoms with E-state index in [4.69, 9.17) is 0 Å². The van der Waals surface area contributed by atoms with E-state index in [9.17, 15) is 0 Å². The molecule has 0 bridgehead atoms. The summed E-state index contributed by atoms with van der Waals surface area (Å²) in [6, 6.07) is 114. The number of hydrogen-bond acceptors (Lipinski definition) is 1. The molecule has 14 aromatic carbocycles. The van der Waals surface area contributed by atoms with Crippen molar-refractivity contribution in [3.63, 3.8) is 0 Å². The fraction of sp³-hybridized carbons (Fsp3) is 0.0682. The summed E-state index contributed by atoms with van der Waals surface area (Å²) >= 11 is 0. The van der Waals surface area contributed by atoms with E-state index in [1.807, 2.05) is 0 Å². The number of para-hydroxylation sites is 6. The van der Waals surface area contributed by atoms with Crippen molar-refractivity contribution in [3.8, 4) is 61.6 Å². The molecule has 17 aromatic rings. The number of anilines is 3. The molecule has 0 N–H and O–H groups in total. The average Bonchev–Trinajstić information content (AvgIpc) is 1.53. The molecule has 0 amide bonds. The summed E-state index contributed by atoms with van der Waals surface area (Å²) in [6.07, 6.45) is 0. The van der Waals surface area contributed by atoms with Crippen molar-refractivity contribution in [1.29, 1.82) is 0 Å². The largest absolute Gasteiger partial charge is 0.310 e. The van der Waals surface area contributed by atoms with Crippen molar-refractivity contribution in [2.24, 2.45) is 0 Å². The first-order valence-electron chi connectivity index (χ1n) is 32.2. The molecular formula is C88H62N4. The maximum atomic E-state index is 2.55. The maximum absolute atomic E-state index is 2.55. The van der Waals surface area contributed by atoms with E-state index in [1.54, 1.807) is 0 Å². The summed E-state index contributed by atoms with van der Waals surface area (Å²) in [7, 11) is 0. The van der Waals surface area contributed by atoms with Crippen LogP contribution >= 0.6 is 0 Å². The Morgan fingerprint density at radius 1 is 0.239 bits per heavy atom. The third kappa shape index (κ3) is 7.52. The second-order valence-electron chi connectivity index (χ2n) is 26.4. The molecule has 0 fully saturated rings. The highest BCUT2D eigenvalue weighted by Crippen LogP contribution is 2.55. The summed E-state index contributed by atoms with van der Waals surface area (Å²) in [5, 5.41) is 9.90. The molecule has 0 aliphatic heterocycles. The molecule has 0 radical (unpaired) electrons. The Balaban J connectivity index is 0.744. The van der Waals surface area contributed by atoms with Gasteiger partial charge in [-0.15, -0.1) is 0 Å². The lowest BCUT2D eigenvalue weighted by Crippen LogP contribution is -2.18. The first kappa shape index (κ1) is 52.5. The molecule has 0 spiro atoms. The summed E-state index contributed by atoms with van der Waals surface area (Å²) in [4.78, 5) is 2.55. The Hall–Kier alpha value is -11.5. The molecule has 0 saturated heterocycles. The average molecular weight is 1180 g/mol. The minimum absolute atomic E-state index is 0.305. The highest BCUT2D eigenvalue weighted by molar-refractivity contribution is 6.14. The molecule has 2 aliphatic carbocycles. The zero-order valence-corrected chi connectivity index (χ0v) is 51.7. The molecule has 92 heavy (non-hydrogen) atoms. The van der Waals surface area contributed by atoms with Gasteiger partial charge in [0.25, 0.3) is 0 Å². The van der Waals surface area contributed by atoms with Crippen LogP contribution in [-0.4, -0.2) is 13.7 Å². The van der Waals surface area contributed by atoms with Crippen molar-refractivity contribution in [2.45, 2.75) is 38.5 Å². The van der Waals surface area contributed by atoms with E-state index in [0.29, 0.717) is 0 Å². The highest BCUT2D eigenvalue weighted by atomic mass is 15.1. The van der Waals surface area contributed by atoms with Gasteiger partial charge in [-0.1, -0.05) is 210 Å².